The summed E-state index contributed by atoms with van der Waals surface area (Å²) < 4.78 is 2.45. The molecule has 1 aliphatic rings. The number of nitrogens with zero attached hydrogens (tertiary/aromatic N) is 4. The fourth-order valence-electron chi connectivity index (χ4n) is 9.99. The summed E-state index contributed by atoms with van der Waals surface area (Å²) in [5, 5.41) is 7.57. The van der Waals surface area contributed by atoms with E-state index in [1.807, 2.05) is 18.5 Å². The van der Waals surface area contributed by atoms with E-state index in [-0.39, 0.29) is 5.41 Å². The molecule has 3 aromatic heterocycles. The lowest BCUT2D eigenvalue weighted by molar-refractivity contribution is 0.635. The van der Waals surface area contributed by atoms with Gasteiger partial charge in [-0.15, -0.1) is 0 Å². The van der Waals surface area contributed by atoms with Gasteiger partial charge in [-0.05, 0) is 87.0 Å². The average molecular weight is 787 g/mol. The van der Waals surface area contributed by atoms with Crippen LogP contribution in [0.5, 0.6) is 0 Å². The van der Waals surface area contributed by atoms with Crippen molar-refractivity contribution >= 4 is 67.8 Å². The molecule has 5 heteroatoms. The third-order valence-corrected chi connectivity index (χ3v) is 17.3. The monoisotopic (exact) mass is 786 g/mol. The second-order valence-corrected chi connectivity index (χ2v) is 20.0. The number of benzene rings is 7. The van der Waals surface area contributed by atoms with Gasteiger partial charge in [0.25, 0.3) is 0 Å². The van der Waals surface area contributed by atoms with Crippen LogP contribution in [0.25, 0.3) is 38.9 Å². The Hall–Kier alpha value is -7.34. The van der Waals surface area contributed by atoms with Crippen molar-refractivity contribution in [3.8, 4) is 16.9 Å². The normalized spacial score (nSPS) is 13.3. The first-order valence-corrected chi connectivity index (χ1v) is 22.7. The zero-order valence-corrected chi connectivity index (χ0v) is 34.6. The van der Waals surface area contributed by atoms with E-state index in [4.69, 9.17) is 9.97 Å². The Kier molecular flexibility index (Phi) is 8.46. The summed E-state index contributed by atoms with van der Waals surface area (Å²) >= 11 is 0. The van der Waals surface area contributed by atoms with Gasteiger partial charge in [0.15, 0.2) is 8.07 Å². The van der Waals surface area contributed by atoms with E-state index in [0.29, 0.717) is 0 Å². The average Bonchev–Trinajstić information content (AvgIpc) is 3.65. The highest BCUT2D eigenvalue weighted by Crippen LogP contribution is 2.55. The number of hydrogen-bond acceptors (Lipinski definition) is 3. The lowest BCUT2D eigenvalue weighted by Gasteiger charge is -2.42. The topological polar surface area (TPSA) is 34.0 Å². The first-order chi connectivity index (χ1) is 29.5. The van der Waals surface area contributed by atoms with Crippen molar-refractivity contribution in [2.75, 3.05) is 4.90 Å². The van der Waals surface area contributed by atoms with Crippen LogP contribution in [0.1, 0.15) is 25.0 Å². The molecule has 0 saturated heterocycles. The van der Waals surface area contributed by atoms with E-state index >= 15 is 0 Å². The van der Waals surface area contributed by atoms with Crippen molar-refractivity contribution in [3.05, 3.63) is 230 Å². The first kappa shape index (κ1) is 35.8. The molecular formula is C55H42N4Si. The van der Waals surface area contributed by atoms with Gasteiger partial charge < -0.3 is 4.90 Å². The summed E-state index contributed by atoms with van der Waals surface area (Å²) in [6.07, 6.45) is 3.81. The summed E-state index contributed by atoms with van der Waals surface area (Å²) in [4.78, 5) is 12.4. The number of para-hydroxylation sites is 2. The summed E-state index contributed by atoms with van der Waals surface area (Å²) in [6, 6.07) is 75.5. The van der Waals surface area contributed by atoms with Gasteiger partial charge in [-0.1, -0.05) is 159 Å². The van der Waals surface area contributed by atoms with E-state index in [2.05, 4.69) is 224 Å². The van der Waals surface area contributed by atoms with E-state index in [1.165, 1.54) is 54.2 Å². The van der Waals surface area contributed by atoms with Crippen LogP contribution in [0.4, 0.5) is 17.1 Å². The largest absolute Gasteiger partial charge is 0.310 e. The standard InChI is InChI=1S/C55H42N4Si/c1-55(2)48-30-12-13-32-50(48)58(40-20-6-3-7-21-40)51-34-33-46-47-29-18-36-57-54(47)59(53(46)52(51)55)41-22-17-28-45(38-41)60(42-23-8-4-9-24-42,43-25-10-5-11-26-43)44-27-16-19-39(37-44)49-31-14-15-35-56-49/h3-38H,1-2H3. The maximum absolute atomic E-state index is 5.18. The van der Waals surface area contributed by atoms with E-state index < -0.39 is 8.07 Å². The molecule has 0 saturated carbocycles. The zero-order chi connectivity index (χ0) is 40.3. The fourth-order valence-corrected chi connectivity index (χ4v) is 14.8. The minimum absolute atomic E-state index is 0.334. The van der Waals surface area contributed by atoms with Gasteiger partial charge in [-0.3, -0.25) is 9.55 Å². The van der Waals surface area contributed by atoms with Gasteiger partial charge in [-0.25, -0.2) is 4.98 Å². The van der Waals surface area contributed by atoms with Crippen LogP contribution in [-0.4, -0.2) is 22.6 Å². The van der Waals surface area contributed by atoms with Crippen LogP contribution >= 0.6 is 0 Å². The molecular weight excluding hydrogens is 745 g/mol. The molecule has 4 heterocycles. The van der Waals surface area contributed by atoms with Crippen LogP contribution in [0, 0.1) is 0 Å². The summed E-state index contributed by atoms with van der Waals surface area (Å²) in [5.74, 6) is 0. The van der Waals surface area contributed by atoms with Gasteiger partial charge in [0, 0.05) is 51.1 Å². The van der Waals surface area contributed by atoms with Gasteiger partial charge in [-0.2, -0.15) is 0 Å². The maximum Gasteiger partial charge on any atom is 0.179 e. The van der Waals surface area contributed by atoms with Crippen molar-refractivity contribution in [3.63, 3.8) is 0 Å². The van der Waals surface area contributed by atoms with Crippen LogP contribution in [-0.2, 0) is 5.41 Å². The Morgan fingerprint density at radius 3 is 1.80 bits per heavy atom. The van der Waals surface area contributed by atoms with Crippen molar-refractivity contribution in [1.82, 2.24) is 14.5 Å². The van der Waals surface area contributed by atoms with E-state index in [1.54, 1.807) is 0 Å². The second kappa shape index (κ2) is 14.2. The third-order valence-electron chi connectivity index (χ3n) is 12.6. The number of aromatic nitrogens is 3. The smallest absolute Gasteiger partial charge is 0.179 e. The molecule has 286 valence electrons. The number of hydrogen-bond donors (Lipinski definition) is 0. The summed E-state index contributed by atoms with van der Waals surface area (Å²) in [5.41, 5.74) is 11.1. The Morgan fingerprint density at radius 2 is 1.07 bits per heavy atom. The number of rotatable bonds is 7. The quantitative estimate of drug-likeness (QED) is 0.119. The molecule has 0 N–H and O–H groups in total. The molecule has 7 aromatic carbocycles. The molecule has 0 amide bonds. The first-order valence-electron chi connectivity index (χ1n) is 20.7. The molecule has 0 unspecified atom stereocenters. The Bertz CT molecular complexity index is 3140. The van der Waals surface area contributed by atoms with E-state index in [9.17, 15) is 0 Å². The highest BCUT2D eigenvalue weighted by atomic mass is 28.3. The number of fused-ring (bicyclic) bond motifs is 6. The molecule has 4 nitrogen and oxygen atoms in total. The third kappa shape index (κ3) is 5.43. The number of pyridine rings is 2. The van der Waals surface area contributed by atoms with Crippen LogP contribution in [0.2, 0.25) is 0 Å². The van der Waals surface area contributed by atoms with Crippen LogP contribution in [0.15, 0.2) is 219 Å². The molecule has 0 atom stereocenters. The molecule has 0 bridgehead atoms. The van der Waals surface area contributed by atoms with Crippen molar-refractivity contribution in [2.24, 2.45) is 0 Å². The zero-order valence-electron chi connectivity index (χ0n) is 33.6. The molecule has 10 aromatic rings. The van der Waals surface area contributed by atoms with Gasteiger partial charge in [0.2, 0.25) is 0 Å². The lowest BCUT2D eigenvalue weighted by atomic mass is 9.72. The molecule has 60 heavy (non-hydrogen) atoms. The van der Waals surface area contributed by atoms with E-state index in [0.717, 1.165) is 33.7 Å². The summed E-state index contributed by atoms with van der Waals surface area (Å²) in [7, 11) is -2.97. The van der Waals surface area contributed by atoms with Crippen molar-refractivity contribution in [1.29, 1.82) is 0 Å². The lowest BCUT2D eigenvalue weighted by Crippen LogP contribution is -2.74. The molecule has 0 radical (unpaired) electrons. The molecule has 0 fully saturated rings. The van der Waals surface area contributed by atoms with Crippen LogP contribution in [0.3, 0.4) is 0 Å². The minimum atomic E-state index is -2.97. The number of anilines is 3. The van der Waals surface area contributed by atoms with Crippen molar-refractivity contribution in [2.45, 2.75) is 19.3 Å². The Labute approximate surface area is 351 Å². The summed E-state index contributed by atoms with van der Waals surface area (Å²) in [6.45, 7) is 4.77. The highest BCUT2D eigenvalue weighted by Gasteiger charge is 2.43. The van der Waals surface area contributed by atoms with Gasteiger partial charge in [0.1, 0.15) is 5.65 Å². The highest BCUT2D eigenvalue weighted by molar-refractivity contribution is 7.20. The minimum Gasteiger partial charge on any atom is -0.310 e. The Balaban J connectivity index is 1.23. The Morgan fingerprint density at radius 1 is 0.450 bits per heavy atom. The fraction of sp³-hybridized carbons (Fsp3) is 0.0545. The van der Waals surface area contributed by atoms with Gasteiger partial charge in [0.05, 0.1) is 22.6 Å². The maximum atomic E-state index is 5.18. The van der Waals surface area contributed by atoms with Crippen LogP contribution < -0.4 is 25.6 Å². The second-order valence-electron chi connectivity index (χ2n) is 16.2. The van der Waals surface area contributed by atoms with Gasteiger partial charge >= 0.3 is 0 Å². The van der Waals surface area contributed by atoms with Crippen molar-refractivity contribution < 1.29 is 0 Å². The molecule has 11 rings (SSSR count). The molecule has 1 aliphatic heterocycles. The molecule has 0 spiro atoms. The predicted molar refractivity (Wildman–Crippen MR) is 252 cm³/mol. The SMILES string of the molecule is CC1(C)c2ccccc2N(c2ccccc2)c2ccc3c4cccnc4n(-c4cccc([Si](c5ccccc5)(c5ccccc5)c5cccc(-c6ccccn6)c5)c4)c3c21. The molecule has 0 aliphatic carbocycles. The predicted octanol–water partition coefficient (Wildman–Crippen LogP) is 10.7.